The van der Waals surface area contributed by atoms with Crippen LogP contribution in [-0.2, 0) is 11.2 Å². The van der Waals surface area contributed by atoms with Crippen LogP contribution in [0.25, 0.3) is 0 Å². The Morgan fingerprint density at radius 2 is 2.38 bits per heavy atom. The molecule has 86 valence electrons. The van der Waals surface area contributed by atoms with Crippen molar-refractivity contribution in [1.82, 2.24) is 5.32 Å². The summed E-state index contributed by atoms with van der Waals surface area (Å²) in [6.07, 6.45) is 2.43. The van der Waals surface area contributed by atoms with Gasteiger partial charge in [-0.3, -0.25) is 4.79 Å². The van der Waals surface area contributed by atoms with Gasteiger partial charge >= 0.3 is 0 Å². The van der Waals surface area contributed by atoms with E-state index in [2.05, 4.69) is 11.9 Å². The van der Waals surface area contributed by atoms with Gasteiger partial charge in [-0.2, -0.15) is 0 Å². The molecule has 0 aliphatic heterocycles. The molecule has 4 heteroatoms. The molecule has 0 saturated heterocycles. The zero-order valence-electron chi connectivity index (χ0n) is 9.32. The molecule has 1 aromatic rings. The van der Waals surface area contributed by atoms with E-state index in [0.717, 1.165) is 5.56 Å². The number of hydrogen-bond donors (Lipinski definition) is 2. The Balaban J connectivity index is 2.77. The number of anilines is 1. The molecule has 0 heterocycles. The minimum Gasteiger partial charge on any atom is -0.483 e. The number of likely N-dealkylation sites (N-methyl/N-ethyl adjacent to an activating group) is 1. The predicted molar refractivity (Wildman–Crippen MR) is 64.3 cm³/mol. The van der Waals surface area contributed by atoms with Crippen molar-refractivity contribution in [2.45, 2.75) is 6.42 Å². The molecule has 16 heavy (non-hydrogen) atoms. The predicted octanol–water partition coefficient (Wildman–Crippen LogP) is 1.12. The fourth-order valence-corrected chi connectivity index (χ4v) is 1.27. The number of allylic oxidation sites excluding steroid dienone is 1. The maximum absolute atomic E-state index is 11.0. The van der Waals surface area contributed by atoms with E-state index in [-0.39, 0.29) is 12.5 Å². The standard InChI is InChI=1S/C12H16N2O2/c1-3-4-9-7-10(13)5-6-11(9)16-8-12(15)14-2/h3,5-7H,1,4,8,13H2,2H3,(H,14,15). The van der Waals surface area contributed by atoms with Gasteiger partial charge in [-0.25, -0.2) is 0 Å². The Hall–Kier alpha value is -1.97. The molecule has 0 aliphatic rings. The Morgan fingerprint density at radius 3 is 3.00 bits per heavy atom. The monoisotopic (exact) mass is 220 g/mol. The van der Waals surface area contributed by atoms with Crippen molar-refractivity contribution in [3.63, 3.8) is 0 Å². The molecular formula is C12H16N2O2. The van der Waals surface area contributed by atoms with Gasteiger partial charge in [0.05, 0.1) is 0 Å². The summed E-state index contributed by atoms with van der Waals surface area (Å²) in [7, 11) is 1.57. The molecular weight excluding hydrogens is 204 g/mol. The second kappa shape index (κ2) is 5.80. The third-order valence-corrected chi connectivity index (χ3v) is 2.09. The van der Waals surface area contributed by atoms with Crippen LogP contribution < -0.4 is 15.8 Å². The van der Waals surface area contributed by atoms with Gasteiger partial charge in [0.2, 0.25) is 0 Å². The van der Waals surface area contributed by atoms with E-state index in [1.807, 2.05) is 6.07 Å². The summed E-state index contributed by atoms with van der Waals surface area (Å²) in [6.45, 7) is 3.67. The SMILES string of the molecule is C=CCc1cc(N)ccc1OCC(=O)NC. The van der Waals surface area contributed by atoms with Crippen molar-refractivity contribution >= 4 is 11.6 Å². The largest absolute Gasteiger partial charge is 0.483 e. The fraction of sp³-hybridized carbons (Fsp3) is 0.250. The first-order valence-electron chi connectivity index (χ1n) is 5.00. The summed E-state index contributed by atoms with van der Waals surface area (Å²) < 4.78 is 5.38. The third-order valence-electron chi connectivity index (χ3n) is 2.09. The van der Waals surface area contributed by atoms with Gasteiger partial charge < -0.3 is 15.8 Å². The maximum Gasteiger partial charge on any atom is 0.257 e. The lowest BCUT2D eigenvalue weighted by atomic mass is 10.1. The van der Waals surface area contributed by atoms with Crippen molar-refractivity contribution in [3.05, 3.63) is 36.4 Å². The van der Waals surface area contributed by atoms with Crippen LogP contribution in [0.1, 0.15) is 5.56 Å². The molecule has 0 spiro atoms. The summed E-state index contributed by atoms with van der Waals surface area (Å²) in [5.74, 6) is 0.499. The first-order chi connectivity index (χ1) is 7.67. The number of rotatable bonds is 5. The van der Waals surface area contributed by atoms with E-state index in [1.165, 1.54) is 0 Å². The summed E-state index contributed by atoms with van der Waals surface area (Å²) in [4.78, 5) is 11.0. The summed E-state index contributed by atoms with van der Waals surface area (Å²) in [6, 6.07) is 5.32. The highest BCUT2D eigenvalue weighted by atomic mass is 16.5. The van der Waals surface area contributed by atoms with Gasteiger partial charge in [0.25, 0.3) is 5.91 Å². The van der Waals surface area contributed by atoms with E-state index in [1.54, 1.807) is 25.3 Å². The van der Waals surface area contributed by atoms with Gasteiger partial charge in [-0.1, -0.05) is 6.08 Å². The number of ether oxygens (including phenoxy) is 1. The first kappa shape index (κ1) is 12.1. The third kappa shape index (κ3) is 3.31. The molecule has 0 radical (unpaired) electrons. The lowest BCUT2D eigenvalue weighted by Gasteiger charge is -2.10. The average molecular weight is 220 g/mol. The van der Waals surface area contributed by atoms with Crippen molar-refractivity contribution in [2.75, 3.05) is 19.4 Å². The molecule has 0 saturated carbocycles. The Bertz CT molecular complexity index is 389. The highest BCUT2D eigenvalue weighted by Gasteiger charge is 2.05. The number of carbonyl (C=O) groups is 1. The van der Waals surface area contributed by atoms with E-state index in [4.69, 9.17) is 10.5 Å². The minimum absolute atomic E-state index is 0.00452. The lowest BCUT2D eigenvalue weighted by Crippen LogP contribution is -2.25. The second-order valence-corrected chi connectivity index (χ2v) is 3.32. The second-order valence-electron chi connectivity index (χ2n) is 3.32. The number of carbonyl (C=O) groups excluding carboxylic acids is 1. The van der Waals surface area contributed by atoms with E-state index in [9.17, 15) is 4.79 Å². The number of nitrogens with one attached hydrogen (secondary N) is 1. The molecule has 4 nitrogen and oxygen atoms in total. The van der Waals surface area contributed by atoms with Crippen LogP contribution in [0.3, 0.4) is 0 Å². The molecule has 0 fully saturated rings. The first-order valence-corrected chi connectivity index (χ1v) is 5.00. The molecule has 0 unspecified atom stereocenters. The van der Waals surface area contributed by atoms with E-state index >= 15 is 0 Å². The minimum atomic E-state index is -0.165. The Labute approximate surface area is 95.1 Å². The summed E-state index contributed by atoms with van der Waals surface area (Å²) in [5, 5.41) is 2.49. The van der Waals surface area contributed by atoms with Crippen LogP contribution >= 0.6 is 0 Å². The van der Waals surface area contributed by atoms with Crippen molar-refractivity contribution in [3.8, 4) is 5.75 Å². The van der Waals surface area contributed by atoms with Crippen LogP contribution in [0.2, 0.25) is 0 Å². The number of hydrogen-bond acceptors (Lipinski definition) is 3. The van der Waals surface area contributed by atoms with Gasteiger partial charge in [0, 0.05) is 12.7 Å². The van der Waals surface area contributed by atoms with E-state index < -0.39 is 0 Å². The molecule has 0 atom stereocenters. The fourth-order valence-electron chi connectivity index (χ4n) is 1.27. The van der Waals surface area contributed by atoms with Crippen LogP contribution in [0.15, 0.2) is 30.9 Å². The summed E-state index contributed by atoms with van der Waals surface area (Å²) in [5.41, 5.74) is 7.27. The van der Waals surface area contributed by atoms with Crippen LogP contribution in [0.5, 0.6) is 5.75 Å². The highest BCUT2D eigenvalue weighted by molar-refractivity contribution is 5.77. The number of nitrogen functional groups attached to an aromatic ring is 1. The van der Waals surface area contributed by atoms with Gasteiger partial charge in [-0.05, 0) is 30.2 Å². The van der Waals surface area contributed by atoms with Gasteiger partial charge in [0.15, 0.2) is 6.61 Å². The molecule has 0 bridgehead atoms. The van der Waals surface area contributed by atoms with Crippen LogP contribution in [0, 0.1) is 0 Å². The van der Waals surface area contributed by atoms with Crippen molar-refractivity contribution in [2.24, 2.45) is 0 Å². The van der Waals surface area contributed by atoms with Crippen molar-refractivity contribution < 1.29 is 9.53 Å². The van der Waals surface area contributed by atoms with Gasteiger partial charge in [-0.15, -0.1) is 6.58 Å². The molecule has 1 rings (SSSR count). The molecule has 1 amide bonds. The molecule has 0 aromatic heterocycles. The summed E-state index contributed by atoms with van der Waals surface area (Å²) >= 11 is 0. The normalized spacial score (nSPS) is 9.56. The Morgan fingerprint density at radius 1 is 1.62 bits per heavy atom. The zero-order valence-corrected chi connectivity index (χ0v) is 9.32. The topological polar surface area (TPSA) is 64.3 Å². The van der Waals surface area contributed by atoms with Crippen LogP contribution in [0.4, 0.5) is 5.69 Å². The van der Waals surface area contributed by atoms with Gasteiger partial charge in [0.1, 0.15) is 5.75 Å². The quantitative estimate of drug-likeness (QED) is 0.577. The zero-order chi connectivity index (χ0) is 12.0. The number of benzene rings is 1. The van der Waals surface area contributed by atoms with E-state index in [0.29, 0.717) is 17.9 Å². The maximum atomic E-state index is 11.0. The molecule has 0 aliphatic carbocycles. The Kier molecular flexibility index (Phi) is 4.39. The number of nitrogens with two attached hydrogens (primary N) is 1. The molecule has 3 N–H and O–H groups in total. The number of amides is 1. The smallest absolute Gasteiger partial charge is 0.257 e. The van der Waals surface area contributed by atoms with Crippen molar-refractivity contribution in [1.29, 1.82) is 0 Å². The average Bonchev–Trinajstić information content (AvgIpc) is 2.28. The highest BCUT2D eigenvalue weighted by Crippen LogP contribution is 2.22. The lowest BCUT2D eigenvalue weighted by molar-refractivity contribution is -0.122. The van der Waals surface area contributed by atoms with Crippen LogP contribution in [-0.4, -0.2) is 19.6 Å². The molecule has 1 aromatic carbocycles.